The number of halogens is 1. The van der Waals surface area contributed by atoms with Crippen LogP contribution in [-0.4, -0.2) is 26.7 Å². The van der Waals surface area contributed by atoms with Crippen molar-refractivity contribution in [1.82, 2.24) is 19.6 Å². The van der Waals surface area contributed by atoms with E-state index in [9.17, 15) is 0 Å². The maximum Gasteiger partial charge on any atom is 0.256 e. The average Bonchev–Trinajstić information content (AvgIpc) is 2.96. The summed E-state index contributed by atoms with van der Waals surface area (Å²) >= 11 is 5.96. The Labute approximate surface area is 126 Å². The van der Waals surface area contributed by atoms with E-state index in [1.54, 1.807) is 13.2 Å². The predicted octanol–water partition coefficient (Wildman–Crippen LogP) is 3.14. The lowest BCUT2D eigenvalue weighted by Gasteiger charge is -2.12. The maximum absolute atomic E-state index is 5.96. The zero-order valence-electron chi connectivity index (χ0n) is 11.6. The number of aromatic nitrogens is 4. The summed E-state index contributed by atoms with van der Waals surface area (Å²) in [5, 5.41) is 4.35. The van der Waals surface area contributed by atoms with Gasteiger partial charge in [-0.2, -0.15) is 19.6 Å². The van der Waals surface area contributed by atoms with Crippen LogP contribution < -0.4 is 9.47 Å². The number of rotatable bonds is 4. The Morgan fingerprint density at radius 1 is 1.24 bits per heavy atom. The molecule has 3 rings (SSSR count). The van der Waals surface area contributed by atoms with Gasteiger partial charge in [0.15, 0.2) is 11.5 Å². The monoisotopic (exact) mass is 304 g/mol. The van der Waals surface area contributed by atoms with Gasteiger partial charge in [-0.05, 0) is 24.1 Å². The van der Waals surface area contributed by atoms with E-state index < -0.39 is 0 Å². The summed E-state index contributed by atoms with van der Waals surface area (Å²) in [5.74, 6) is 2.02. The van der Waals surface area contributed by atoms with Crippen LogP contribution in [0.3, 0.4) is 0 Å². The highest BCUT2D eigenvalue weighted by Crippen LogP contribution is 2.33. The van der Waals surface area contributed by atoms with Crippen LogP contribution in [0.25, 0.3) is 5.78 Å². The zero-order valence-corrected chi connectivity index (χ0v) is 12.3. The van der Waals surface area contributed by atoms with Gasteiger partial charge >= 0.3 is 0 Å². The molecule has 0 spiro atoms. The second kappa shape index (κ2) is 5.57. The van der Waals surface area contributed by atoms with Crippen molar-refractivity contribution in [3.8, 4) is 17.4 Å². The van der Waals surface area contributed by atoms with Crippen molar-refractivity contribution in [2.75, 3.05) is 7.11 Å². The first-order chi connectivity index (χ1) is 10.2. The minimum atomic E-state index is 0.287. The number of methoxy groups -OCH3 is 1. The quantitative estimate of drug-likeness (QED) is 0.693. The molecule has 0 fully saturated rings. The first-order valence-electron chi connectivity index (χ1n) is 6.42. The Balaban J connectivity index is 2.04. The van der Waals surface area contributed by atoms with Crippen LogP contribution in [0.2, 0.25) is 5.15 Å². The van der Waals surface area contributed by atoms with Gasteiger partial charge in [-0.1, -0.05) is 24.6 Å². The standard InChI is InChI=1S/C14H13ClN4O2/c1-3-9-4-5-10(11(6-9)20-2)21-13-7-12(15)18-14-16-8-17-19(13)14/h4-8H,3H2,1-2H3. The maximum atomic E-state index is 5.96. The third kappa shape index (κ3) is 2.62. The van der Waals surface area contributed by atoms with Gasteiger partial charge in [0, 0.05) is 6.07 Å². The molecular formula is C14H13ClN4O2. The van der Waals surface area contributed by atoms with Crippen LogP contribution in [0.5, 0.6) is 17.4 Å². The minimum absolute atomic E-state index is 0.287. The number of hydrogen-bond donors (Lipinski definition) is 0. The second-order valence-corrected chi connectivity index (χ2v) is 4.72. The fraction of sp³-hybridized carbons (Fsp3) is 0.214. The summed E-state index contributed by atoms with van der Waals surface area (Å²) in [5.41, 5.74) is 1.16. The van der Waals surface area contributed by atoms with Crippen molar-refractivity contribution < 1.29 is 9.47 Å². The zero-order chi connectivity index (χ0) is 14.8. The van der Waals surface area contributed by atoms with E-state index in [4.69, 9.17) is 21.1 Å². The van der Waals surface area contributed by atoms with Crippen molar-refractivity contribution in [2.24, 2.45) is 0 Å². The molecule has 0 aliphatic carbocycles. The number of benzene rings is 1. The minimum Gasteiger partial charge on any atom is -0.493 e. The third-order valence-corrected chi connectivity index (χ3v) is 3.23. The van der Waals surface area contributed by atoms with Crippen molar-refractivity contribution in [2.45, 2.75) is 13.3 Å². The molecule has 0 bridgehead atoms. The van der Waals surface area contributed by atoms with Crippen molar-refractivity contribution in [3.63, 3.8) is 0 Å². The van der Waals surface area contributed by atoms with E-state index in [-0.39, 0.29) is 5.15 Å². The van der Waals surface area contributed by atoms with Gasteiger partial charge in [-0.15, -0.1) is 0 Å². The Hall–Kier alpha value is -2.34. The molecule has 0 unspecified atom stereocenters. The first-order valence-corrected chi connectivity index (χ1v) is 6.80. The molecule has 21 heavy (non-hydrogen) atoms. The van der Waals surface area contributed by atoms with Gasteiger partial charge in [0.05, 0.1) is 7.11 Å². The Morgan fingerprint density at radius 2 is 2.10 bits per heavy atom. The number of hydrogen-bond acceptors (Lipinski definition) is 5. The van der Waals surface area contributed by atoms with Gasteiger partial charge in [-0.25, -0.2) is 0 Å². The van der Waals surface area contributed by atoms with Gasteiger partial charge in [-0.3, -0.25) is 0 Å². The fourth-order valence-corrected chi connectivity index (χ4v) is 2.13. The highest BCUT2D eigenvalue weighted by Gasteiger charge is 2.12. The Kier molecular flexibility index (Phi) is 3.62. The number of nitrogens with zero attached hydrogens (tertiary/aromatic N) is 4. The number of fused-ring (bicyclic) bond motifs is 1. The SMILES string of the molecule is CCc1ccc(Oc2cc(Cl)nc3ncnn23)c(OC)c1. The highest BCUT2D eigenvalue weighted by atomic mass is 35.5. The summed E-state index contributed by atoms with van der Waals surface area (Å²) < 4.78 is 12.7. The summed E-state index contributed by atoms with van der Waals surface area (Å²) in [4.78, 5) is 8.05. The predicted molar refractivity (Wildman–Crippen MR) is 78.2 cm³/mol. The average molecular weight is 305 g/mol. The topological polar surface area (TPSA) is 61.5 Å². The second-order valence-electron chi connectivity index (χ2n) is 4.33. The van der Waals surface area contributed by atoms with Crippen LogP contribution in [0, 0.1) is 0 Å². The lowest BCUT2D eigenvalue weighted by atomic mass is 10.1. The van der Waals surface area contributed by atoms with Crippen LogP contribution in [0.4, 0.5) is 0 Å². The molecular weight excluding hydrogens is 292 g/mol. The molecule has 7 heteroatoms. The van der Waals surface area contributed by atoms with E-state index in [0.29, 0.717) is 23.2 Å². The van der Waals surface area contributed by atoms with Crippen LogP contribution in [0.15, 0.2) is 30.6 Å². The number of aryl methyl sites for hydroxylation is 1. The molecule has 0 aliphatic heterocycles. The summed E-state index contributed by atoms with van der Waals surface area (Å²) in [7, 11) is 1.60. The third-order valence-electron chi connectivity index (χ3n) is 3.04. The Bertz CT molecular complexity index is 788. The van der Waals surface area contributed by atoms with Gasteiger partial charge in [0.2, 0.25) is 5.88 Å². The largest absolute Gasteiger partial charge is 0.493 e. The normalized spacial score (nSPS) is 10.8. The molecule has 0 radical (unpaired) electrons. The molecule has 0 saturated heterocycles. The molecule has 6 nitrogen and oxygen atoms in total. The van der Waals surface area contributed by atoms with Crippen LogP contribution >= 0.6 is 11.6 Å². The van der Waals surface area contributed by atoms with E-state index in [0.717, 1.165) is 12.0 Å². The molecule has 0 amide bonds. The highest BCUT2D eigenvalue weighted by molar-refractivity contribution is 6.29. The van der Waals surface area contributed by atoms with Gasteiger partial charge < -0.3 is 9.47 Å². The molecule has 0 N–H and O–H groups in total. The van der Waals surface area contributed by atoms with E-state index in [2.05, 4.69) is 22.0 Å². The van der Waals surface area contributed by atoms with Crippen LogP contribution in [0.1, 0.15) is 12.5 Å². The Morgan fingerprint density at radius 3 is 2.86 bits per heavy atom. The van der Waals surface area contributed by atoms with Gasteiger partial charge in [0.1, 0.15) is 11.5 Å². The molecule has 0 aliphatic rings. The lowest BCUT2D eigenvalue weighted by Crippen LogP contribution is -1.99. The summed E-state index contributed by atoms with van der Waals surface area (Å²) in [6.07, 6.45) is 2.31. The molecule has 108 valence electrons. The summed E-state index contributed by atoms with van der Waals surface area (Å²) in [6, 6.07) is 7.36. The summed E-state index contributed by atoms with van der Waals surface area (Å²) in [6.45, 7) is 2.08. The molecule has 0 atom stereocenters. The van der Waals surface area contributed by atoms with Crippen molar-refractivity contribution in [1.29, 1.82) is 0 Å². The lowest BCUT2D eigenvalue weighted by molar-refractivity contribution is 0.369. The molecule has 2 heterocycles. The van der Waals surface area contributed by atoms with Crippen LogP contribution in [-0.2, 0) is 6.42 Å². The first kappa shape index (κ1) is 13.6. The fourth-order valence-electron chi connectivity index (χ4n) is 1.96. The molecule has 2 aromatic heterocycles. The van der Waals surface area contributed by atoms with Gasteiger partial charge in [0.25, 0.3) is 5.78 Å². The molecule has 3 aromatic rings. The van der Waals surface area contributed by atoms with E-state index in [1.807, 2.05) is 18.2 Å². The molecule has 1 aromatic carbocycles. The number of ether oxygens (including phenoxy) is 2. The van der Waals surface area contributed by atoms with Crippen molar-refractivity contribution in [3.05, 3.63) is 41.3 Å². The molecule has 0 saturated carbocycles. The van der Waals surface area contributed by atoms with E-state index in [1.165, 1.54) is 10.8 Å². The van der Waals surface area contributed by atoms with Crippen molar-refractivity contribution >= 4 is 17.4 Å². The smallest absolute Gasteiger partial charge is 0.256 e. The van der Waals surface area contributed by atoms with E-state index >= 15 is 0 Å².